The average molecular weight is 287 g/mol. The Hall–Kier alpha value is -0.640. The monoisotopic (exact) mass is 286 g/mol. The van der Waals surface area contributed by atoms with Crippen molar-refractivity contribution in [2.45, 2.75) is 47.1 Å². The first kappa shape index (κ1) is 13.4. The summed E-state index contributed by atoms with van der Waals surface area (Å²) in [5.74, 6) is 0.549. The normalized spacial score (nSPS) is 11.1. The molecular weight excluding hydrogens is 268 g/mol. The molecule has 90 valence electrons. The van der Waals surface area contributed by atoms with Gasteiger partial charge in [0.05, 0.1) is 10.2 Å². The Morgan fingerprint density at radius 1 is 1.31 bits per heavy atom. The van der Waals surface area contributed by atoms with Gasteiger partial charge in [0.2, 0.25) is 0 Å². The molecule has 0 fully saturated rings. The van der Waals surface area contributed by atoms with E-state index in [-0.39, 0.29) is 5.69 Å². The Balaban J connectivity index is 3.14. The molecule has 0 saturated carbocycles. The van der Waals surface area contributed by atoms with E-state index in [4.69, 9.17) is 0 Å². The van der Waals surface area contributed by atoms with Crippen molar-refractivity contribution in [1.29, 1.82) is 0 Å². The summed E-state index contributed by atoms with van der Waals surface area (Å²) < 4.78 is 2.72. The van der Waals surface area contributed by atoms with E-state index in [1.807, 2.05) is 13.8 Å². The maximum absolute atomic E-state index is 11.8. The minimum Gasteiger partial charge on any atom is -0.295 e. The van der Waals surface area contributed by atoms with E-state index in [0.29, 0.717) is 5.92 Å². The second kappa shape index (κ2) is 5.62. The third kappa shape index (κ3) is 2.73. The Bertz CT molecular complexity index is 422. The standard InChI is InChI=1S/C12H19BrN2O/c1-5-10(6-2)7-15-9(4)11(13)8(3)14-12(15)16/h10H,5-7H2,1-4H3. The molecule has 0 aliphatic carbocycles. The van der Waals surface area contributed by atoms with E-state index in [9.17, 15) is 4.79 Å². The average Bonchev–Trinajstić information content (AvgIpc) is 2.27. The summed E-state index contributed by atoms with van der Waals surface area (Å²) >= 11 is 3.48. The van der Waals surface area contributed by atoms with Crippen molar-refractivity contribution in [1.82, 2.24) is 9.55 Å². The zero-order valence-electron chi connectivity index (χ0n) is 10.4. The number of rotatable bonds is 4. The molecule has 0 spiro atoms. The van der Waals surface area contributed by atoms with E-state index in [2.05, 4.69) is 34.8 Å². The van der Waals surface area contributed by atoms with Gasteiger partial charge in [0.15, 0.2) is 0 Å². The number of hydrogen-bond acceptors (Lipinski definition) is 2. The van der Waals surface area contributed by atoms with Crippen LogP contribution in [0.1, 0.15) is 38.1 Å². The van der Waals surface area contributed by atoms with Gasteiger partial charge in [-0.3, -0.25) is 4.57 Å². The molecule has 1 aromatic rings. The van der Waals surface area contributed by atoms with Gasteiger partial charge in [-0.25, -0.2) is 4.79 Å². The second-order valence-electron chi connectivity index (χ2n) is 4.17. The van der Waals surface area contributed by atoms with Gasteiger partial charge < -0.3 is 0 Å². The number of aryl methyl sites for hydroxylation is 1. The van der Waals surface area contributed by atoms with Gasteiger partial charge in [0.1, 0.15) is 0 Å². The first-order valence-corrected chi connectivity index (χ1v) is 6.54. The fourth-order valence-corrected chi connectivity index (χ4v) is 2.10. The van der Waals surface area contributed by atoms with Crippen LogP contribution >= 0.6 is 15.9 Å². The van der Waals surface area contributed by atoms with Crippen LogP contribution in [0.3, 0.4) is 0 Å². The highest BCUT2D eigenvalue weighted by molar-refractivity contribution is 9.10. The molecule has 0 unspecified atom stereocenters. The third-order valence-electron chi connectivity index (χ3n) is 3.13. The lowest BCUT2D eigenvalue weighted by atomic mass is 10.0. The van der Waals surface area contributed by atoms with Crippen molar-refractivity contribution in [3.63, 3.8) is 0 Å². The van der Waals surface area contributed by atoms with Crippen LogP contribution in [0.2, 0.25) is 0 Å². The van der Waals surface area contributed by atoms with Crippen molar-refractivity contribution < 1.29 is 0 Å². The fourth-order valence-electron chi connectivity index (χ4n) is 1.80. The molecule has 0 N–H and O–H groups in total. The smallest absolute Gasteiger partial charge is 0.295 e. The molecule has 4 heteroatoms. The van der Waals surface area contributed by atoms with Crippen molar-refractivity contribution in [2.24, 2.45) is 5.92 Å². The first-order valence-electron chi connectivity index (χ1n) is 5.74. The van der Waals surface area contributed by atoms with E-state index in [1.54, 1.807) is 4.57 Å². The summed E-state index contributed by atoms with van der Waals surface area (Å²) in [5, 5.41) is 0. The minimum atomic E-state index is -0.134. The van der Waals surface area contributed by atoms with Gasteiger partial charge in [-0.1, -0.05) is 26.7 Å². The highest BCUT2D eigenvalue weighted by Gasteiger charge is 2.12. The predicted molar refractivity (Wildman–Crippen MR) is 69.7 cm³/mol. The lowest BCUT2D eigenvalue weighted by Crippen LogP contribution is -2.29. The van der Waals surface area contributed by atoms with Crippen LogP contribution in [0.25, 0.3) is 0 Å². The number of hydrogen-bond donors (Lipinski definition) is 0. The Morgan fingerprint density at radius 2 is 1.88 bits per heavy atom. The topological polar surface area (TPSA) is 34.9 Å². The summed E-state index contributed by atoms with van der Waals surface area (Å²) in [4.78, 5) is 15.8. The molecule has 0 radical (unpaired) electrons. The highest BCUT2D eigenvalue weighted by Crippen LogP contribution is 2.18. The van der Waals surface area contributed by atoms with E-state index in [1.165, 1.54) is 0 Å². The lowest BCUT2D eigenvalue weighted by molar-refractivity contribution is 0.402. The zero-order chi connectivity index (χ0) is 12.3. The van der Waals surface area contributed by atoms with Crippen LogP contribution in [-0.4, -0.2) is 9.55 Å². The van der Waals surface area contributed by atoms with E-state index < -0.39 is 0 Å². The summed E-state index contributed by atoms with van der Waals surface area (Å²) in [6.45, 7) is 8.89. The van der Waals surface area contributed by atoms with E-state index >= 15 is 0 Å². The first-order chi connectivity index (χ1) is 7.51. The van der Waals surface area contributed by atoms with Gasteiger partial charge in [-0.05, 0) is 35.7 Å². The Labute approximate surface area is 105 Å². The molecule has 1 aromatic heterocycles. The Morgan fingerprint density at radius 3 is 2.38 bits per heavy atom. The second-order valence-corrected chi connectivity index (χ2v) is 4.97. The van der Waals surface area contributed by atoms with Gasteiger partial charge in [0, 0.05) is 12.2 Å². The molecule has 0 bridgehead atoms. The Kier molecular flexibility index (Phi) is 4.71. The molecule has 0 amide bonds. The van der Waals surface area contributed by atoms with E-state index in [0.717, 1.165) is 35.2 Å². The van der Waals surface area contributed by atoms with Gasteiger partial charge in [-0.2, -0.15) is 4.98 Å². The van der Waals surface area contributed by atoms with Crippen LogP contribution < -0.4 is 5.69 Å². The summed E-state index contributed by atoms with van der Waals surface area (Å²) in [6, 6.07) is 0. The predicted octanol–water partition coefficient (Wildman–Crippen LogP) is 3.06. The summed E-state index contributed by atoms with van der Waals surface area (Å²) in [7, 11) is 0. The number of halogens is 1. The van der Waals surface area contributed by atoms with Gasteiger partial charge >= 0.3 is 5.69 Å². The molecule has 0 aliphatic rings. The molecular formula is C12H19BrN2O. The number of nitrogens with zero attached hydrogens (tertiary/aromatic N) is 2. The maximum Gasteiger partial charge on any atom is 0.348 e. The van der Waals surface area contributed by atoms with Crippen LogP contribution in [0.5, 0.6) is 0 Å². The fraction of sp³-hybridized carbons (Fsp3) is 0.667. The quantitative estimate of drug-likeness (QED) is 0.853. The molecule has 0 atom stereocenters. The summed E-state index contributed by atoms with van der Waals surface area (Å²) in [5.41, 5.74) is 1.61. The number of aromatic nitrogens is 2. The molecule has 0 aliphatic heterocycles. The molecule has 0 aromatic carbocycles. The summed E-state index contributed by atoms with van der Waals surface area (Å²) in [6.07, 6.45) is 2.18. The molecule has 1 heterocycles. The third-order valence-corrected chi connectivity index (χ3v) is 4.28. The molecule has 16 heavy (non-hydrogen) atoms. The van der Waals surface area contributed by atoms with Crippen LogP contribution in [0, 0.1) is 19.8 Å². The van der Waals surface area contributed by atoms with Crippen molar-refractivity contribution in [3.8, 4) is 0 Å². The zero-order valence-corrected chi connectivity index (χ0v) is 12.0. The minimum absolute atomic E-state index is 0.134. The highest BCUT2D eigenvalue weighted by atomic mass is 79.9. The van der Waals surface area contributed by atoms with Crippen LogP contribution in [0.15, 0.2) is 9.27 Å². The van der Waals surface area contributed by atoms with Gasteiger partial charge in [0.25, 0.3) is 0 Å². The molecule has 0 saturated heterocycles. The molecule has 1 rings (SSSR count). The largest absolute Gasteiger partial charge is 0.348 e. The molecule has 3 nitrogen and oxygen atoms in total. The van der Waals surface area contributed by atoms with Crippen molar-refractivity contribution in [3.05, 3.63) is 26.3 Å². The van der Waals surface area contributed by atoms with Gasteiger partial charge in [-0.15, -0.1) is 0 Å². The lowest BCUT2D eigenvalue weighted by Gasteiger charge is -2.17. The van der Waals surface area contributed by atoms with Crippen molar-refractivity contribution in [2.75, 3.05) is 0 Å². The van der Waals surface area contributed by atoms with Crippen LogP contribution in [-0.2, 0) is 6.54 Å². The SMILES string of the molecule is CCC(CC)Cn1c(C)c(Br)c(C)nc1=O. The van der Waals surface area contributed by atoms with Crippen LogP contribution in [0.4, 0.5) is 0 Å². The maximum atomic E-state index is 11.8. The van der Waals surface area contributed by atoms with Crippen molar-refractivity contribution >= 4 is 15.9 Å².